The predicted octanol–water partition coefficient (Wildman–Crippen LogP) is 3.83. The van der Waals surface area contributed by atoms with Gasteiger partial charge in [0.1, 0.15) is 0 Å². The van der Waals surface area contributed by atoms with Crippen molar-refractivity contribution in [2.75, 3.05) is 5.73 Å². The van der Waals surface area contributed by atoms with Crippen molar-refractivity contribution in [3.05, 3.63) is 48.3 Å². The minimum absolute atomic E-state index is 0.262. The average molecular weight is 270 g/mol. The van der Waals surface area contributed by atoms with E-state index in [2.05, 4.69) is 4.98 Å². The number of alkyl halides is 3. The number of nitrogen functional groups attached to an aromatic ring is 1. The molecule has 18 heavy (non-hydrogen) atoms. The summed E-state index contributed by atoms with van der Waals surface area (Å²) in [7, 11) is 0. The van der Waals surface area contributed by atoms with Crippen molar-refractivity contribution in [1.29, 1.82) is 0 Å². The minimum atomic E-state index is -4.43. The number of benzene rings is 1. The minimum Gasteiger partial charge on any atom is -0.398 e. The highest BCUT2D eigenvalue weighted by atomic mass is 32.2. The monoisotopic (exact) mass is 270 g/mol. The number of pyridine rings is 1. The Hall–Kier alpha value is -1.69. The summed E-state index contributed by atoms with van der Waals surface area (Å²) in [5.74, 6) is 0. The zero-order valence-corrected chi connectivity index (χ0v) is 9.92. The average Bonchev–Trinajstić information content (AvgIpc) is 2.31. The molecule has 6 heteroatoms. The quantitative estimate of drug-likeness (QED) is 0.843. The number of aromatic nitrogens is 1. The fraction of sp³-hybridized carbons (Fsp3) is 0.0833. The molecule has 0 aliphatic heterocycles. The van der Waals surface area contributed by atoms with Crippen LogP contribution in [0.2, 0.25) is 0 Å². The molecule has 2 N–H and O–H groups in total. The molecule has 0 spiro atoms. The van der Waals surface area contributed by atoms with E-state index in [1.54, 1.807) is 30.6 Å². The first kappa shape index (κ1) is 12.8. The van der Waals surface area contributed by atoms with Gasteiger partial charge < -0.3 is 5.73 Å². The number of halogens is 3. The van der Waals surface area contributed by atoms with Crippen LogP contribution >= 0.6 is 11.8 Å². The van der Waals surface area contributed by atoms with Gasteiger partial charge in [-0.3, -0.25) is 4.98 Å². The molecule has 0 aliphatic rings. The van der Waals surface area contributed by atoms with E-state index >= 15 is 0 Å². The molecule has 94 valence electrons. The van der Waals surface area contributed by atoms with Crippen LogP contribution in [0.3, 0.4) is 0 Å². The van der Waals surface area contributed by atoms with Gasteiger partial charge in [0.2, 0.25) is 0 Å². The molecule has 0 atom stereocenters. The molecule has 0 radical (unpaired) electrons. The summed E-state index contributed by atoms with van der Waals surface area (Å²) in [6.45, 7) is 0. The van der Waals surface area contributed by atoms with Gasteiger partial charge in [-0.15, -0.1) is 0 Å². The standard InChI is InChI=1S/C12H9F3N2S/c13-12(14,15)10-7-9(1-2-11(10)16)18-8-3-5-17-6-4-8/h1-7H,16H2. The highest BCUT2D eigenvalue weighted by molar-refractivity contribution is 7.99. The van der Waals surface area contributed by atoms with Gasteiger partial charge in [-0.05, 0) is 30.3 Å². The summed E-state index contributed by atoms with van der Waals surface area (Å²) in [4.78, 5) is 5.16. The Labute approximate surface area is 106 Å². The number of nitrogens with two attached hydrogens (primary N) is 1. The highest BCUT2D eigenvalue weighted by Crippen LogP contribution is 2.37. The summed E-state index contributed by atoms with van der Waals surface area (Å²) >= 11 is 1.23. The fourth-order valence-electron chi connectivity index (χ4n) is 1.39. The van der Waals surface area contributed by atoms with Crippen molar-refractivity contribution in [2.24, 2.45) is 0 Å². The molecule has 1 heterocycles. The molecule has 1 aromatic carbocycles. The molecule has 0 bridgehead atoms. The first-order chi connectivity index (χ1) is 8.47. The van der Waals surface area contributed by atoms with Crippen molar-refractivity contribution in [3.63, 3.8) is 0 Å². The lowest BCUT2D eigenvalue weighted by Gasteiger charge is -2.11. The van der Waals surface area contributed by atoms with Gasteiger partial charge in [-0.1, -0.05) is 11.8 Å². The van der Waals surface area contributed by atoms with Crippen molar-refractivity contribution in [2.45, 2.75) is 16.0 Å². The zero-order chi connectivity index (χ0) is 13.2. The molecule has 2 nitrogen and oxygen atoms in total. The van der Waals surface area contributed by atoms with E-state index in [-0.39, 0.29) is 5.69 Å². The van der Waals surface area contributed by atoms with Gasteiger partial charge in [0.25, 0.3) is 0 Å². The van der Waals surface area contributed by atoms with E-state index in [4.69, 9.17) is 5.73 Å². The third kappa shape index (κ3) is 2.95. The van der Waals surface area contributed by atoms with Crippen LogP contribution < -0.4 is 5.73 Å². The highest BCUT2D eigenvalue weighted by Gasteiger charge is 2.33. The summed E-state index contributed by atoms with van der Waals surface area (Å²) < 4.78 is 38.0. The van der Waals surface area contributed by atoms with Gasteiger partial charge in [0, 0.05) is 27.9 Å². The first-order valence-corrected chi connectivity index (χ1v) is 5.83. The second-order valence-corrected chi connectivity index (χ2v) is 4.68. The van der Waals surface area contributed by atoms with Crippen molar-refractivity contribution in [1.82, 2.24) is 4.98 Å². The smallest absolute Gasteiger partial charge is 0.398 e. The normalized spacial score (nSPS) is 11.5. The van der Waals surface area contributed by atoms with E-state index in [0.29, 0.717) is 4.90 Å². The van der Waals surface area contributed by atoms with E-state index in [9.17, 15) is 13.2 Å². The summed E-state index contributed by atoms with van der Waals surface area (Å²) in [5, 5.41) is 0. The lowest BCUT2D eigenvalue weighted by Crippen LogP contribution is -2.08. The van der Waals surface area contributed by atoms with Gasteiger partial charge in [-0.25, -0.2) is 0 Å². The van der Waals surface area contributed by atoms with Crippen LogP contribution in [0.15, 0.2) is 52.5 Å². The molecule has 1 aromatic heterocycles. The van der Waals surface area contributed by atoms with E-state index in [1.165, 1.54) is 17.8 Å². The Morgan fingerprint density at radius 3 is 2.28 bits per heavy atom. The maximum absolute atomic E-state index is 12.7. The second kappa shape index (κ2) is 4.89. The maximum Gasteiger partial charge on any atom is 0.418 e. The first-order valence-electron chi connectivity index (χ1n) is 5.01. The van der Waals surface area contributed by atoms with Crippen LogP contribution in [-0.2, 0) is 6.18 Å². The second-order valence-electron chi connectivity index (χ2n) is 3.53. The Morgan fingerprint density at radius 2 is 1.67 bits per heavy atom. The SMILES string of the molecule is Nc1ccc(Sc2ccncc2)cc1C(F)(F)F. The van der Waals surface area contributed by atoms with Gasteiger partial charge >= 0.3 is 6.18 Å². The number of anilines is 1. The van der Waals surface area contributed by atoms with E-state index < -0.39 is 11.7 Å². The third-order valence-electron chi connectivity index (χ3n) is 2.22. The molecular weight excluding hydrogens is 261 g/mol. The number of rotatable bonds is 2. The Kier molecular flexibility index (Phi) is 3.47. The predicted molar refractivity (Wildman–Crippen MR) is 64.2 cm³/mol. The molecular formula is C12H9F3N2S. The Morgan fingerprint density at radius 1 is 1.00 bits per heavy atom. The summed E-state index contributed by atoms with van der Waals surface area (Å²) in [5.41, 5.74) is 4.26. The third-order valence-corrected chi connectivity index (χ3v) is 3.21. The largest absolute Gasteiger partial charge is 0.418 e. The molecule has 2 rings (SSSR count). The van der Waals surface area contributed by atoms with Crippen LogP contribution in [0.4, 0.5) is 18.9 Å². The Bertz CT molecular complexity index is 541. The van der Waals surface area contributed by atoms with Crippen LogP contribution in [-0.4, -0.2) is 4.98 Å². The van der Waals surface area contributed by atoms with Crippen LogP contribution in [0.5, 0.6) is 0 Å². The fourth-order valence-corrected chi connectivity index (χ4v) is 2.23. The topological polar surface area (TPSA) is 38.9 Å². The van der Waals surface area contributed by atoms with Crippen LogP contribution in [0, 0.1) is 0 Å². The molecule has 0 fully saturated rings. The molecule has 0 unspecified atom stereocenters. The van der Waals surface area contributed by atoms with Gasteiger partial charge in [-0.2, -0.15) is 13.2 Å². The van der Waals surface area contributed by atoms with E-state index in [0.717, 1.165) is 11.0 Å². The lowest BCUT2D eigenvalue weighted by molar-refractivity contribution is -0.137. The maximum atomic E-state index is 12.7. The number of nitrogens with zero attached hydrogens (tertiary/aromatic N) is 1. The molecule has 0 amide bonds. The zero-order valence-electron chi connectivity index (χ0n) is 9.11. The van der Waals surface area contributed by atoms with Gasteiger partial charge in [0.05, 0.1) is 5.56 Å². The molecule has 0 saturated heterocycles. The molecule has 0 saturated carbocycles. The van der Waals surface area contributed by atoms with Crippen LogP contribution in [0.1, 0.15) is 5.56 Å². The van der Waals surface area contributed by atoms with Gasteiger partial charge in [0.15, 0.2) is 0 Å². The van der Waals surface area contributed by atoms with Crippen LogP contribution in [0.25, 0.3) is 0 Å². The lowest BCUT2D eigenvalue weighted by atomic mass is 10.2. The molecule has 0 aliphatic carbocycles. The number of hydrogen-bond acceptors (Lipinski definition) is 3. The molecule has 2 aromatic rings. The van der Waals surface area contributed by atoms with Crippen molar-refractivity contribution < 1.29 is 13.2 Å². The number of hydrogen-bond donors (Lipinski definition) is 1. The summed E-state index contributed by atoms with van der Waals surface area (Å²) in [6, 6.07) is 7.35. The van der Waals surface area contributed by atoms with Crippen molar-refractivity contribution >= 4 is 17.4 Å². The Balaban J connectivity index is 2.31. The van der Waals surface area contributed by atoms with Crippen molar-refractivity contribution in [3.8, 4) is 0 Å². The van der Waals surface area contributed by atoms with E-state index in [1.807, 2.05) is 0 Å². The summed E-state index contributed by atoms with van der Waals surface area (Å²) in [6.07, 6.45) is -1.26.